The highest BCUT2D eigenvalue weighted by Gasteiger charge is 2.43. The first-order valence-electron chi connectivity index (χ1n) is 7.85. The SMILES string of the molecule is CC(C)CC1CN(C2CC3CCC2O3)CCCN1. The number of hydrogen-bond acceptors (Lipinski definition) is 3. The fraction of sp³-hybridized carbons (Fsp3) is 1.00. The predicted octanol–water partition coefficient (Wildman–Crippen LogP) is 2.02. The van der Waals surface area contributed by atoms with Crippen LogP contribution in [-0.4, -0.2) is 48.8 Å². The molecular weight excluding hydrogens is 224 g/mol. The van der Waals surface area contributed by atoms with Crippen LogP contribution >= 0.6 is 0 Å². The lowest BCUT2D eigenvalue weighted by Gasteiger charge is -2.34. The molecule has 104 valence electrons. The number of nitrogens with zero attached hydrogens (tertiary/aromatic N) is 1. The Morgan fingerprint density at radius 1 is 1.33 bits per heavy atom. The van der Waals surface area contributed by atoms with Gasteiger partial charge in [-0.2, -0.15) is 0 Å². The summed E-state index contributed by atoms with van der Waals surface area (Å²) in [6.07, 6.45) is 7.63. The molecule has 0 saturated carbocycles. The van der Waals surface area contributed by atoms with E-state index >= 15 is 0 Å². The average Bonchev–Trinajstić information content (AvgIpc) is 2.87. The maximum atomic E-state index is 6.03. The van der Waals surface area contributed by atoms with Crippen molar-refractivity contribution >= 4 is 0 Å². The van der Waals surface area contributed by atoms with Crippen LogP contribution in [-0.2, 0) is 4.74 Å². The van der Waals surface area contributed by atoms with Crippen molar-refractivity contribution in [3.63, 3.8) is 0 Å². The molecule has 1 N–H and O–H groups in total. The second-order valence-corrected chi connectivity index (χ2v) is 6.81. The molecule has 0 aromatic heterocycles. The van der Waals surface area contributed by atoms with Crippen molar-refractivity contribution in [2.24, 2.45) is 5.92 Å². The van der Waals surface area contributed by atoms with Crippen molar-refractivity contribution in [2.75, 3.05) is 19.6 Å². The van der Waals surface area contributed by atoms with Gasteiger partial charge in [0.1, 0.15) is 0 Å². The lowest BCUT2D eigenvalue weighted by molar-refractivity contribution is 0.0685. The Hall–Kier alpha value is -0.120. The third kappa shape index (κ3) is 2.73. The van der Waals surface area contributed by atoms with E-state index in [9.17, 15) is 0 Å². The van der Waals surface area contributed by atoms with Crippen LogP contribution in [0.25, 0.3) is 0 Å². The highest BCUT2D eigenvalue weighted by Crippen LogP contribution is 2.37. The minimum absolute atomic E-state index is 0.549. The van der Waals surface area contributed by atoms with Crippen molar-refractivity contribution < 1.29 is 4.74 Å². The van der Waals surface area contributed by atoms with Crippen molar-refractivity contribution in [2.45, 2.75) is 70.2 Å². The highest BCUT2D eigenvalue weighted by atomic mass is 16.5. The van der Waals surface area contributed by atoms with E-state index in [-0.39, 0.29) is 0 Å². The monoisotopic (exact) mass is 252 g/mol. The Balaban J connectivity index is 1.60. The third-order valence-electron chi connectivity index (χ3n) is 4.81. The van der Waals surface area contributed by atoms with Gasteiger partial charge in [0.2, 0.25) is 0 Å². The average molecular weight is 252 g/mol. The van der Waals surface area contributed by atoms with Gasteiger partial charge in [-0.25, -0.2) is 0 Å². The van der Waals surface area contributed by atoms with Crippen LogP contribution in [0.2, 0.25) is 0 Å². The molecule has 3 saturated heterocycles. The molecule has 0 aliphatic carbocycles. The number of nitrogens with one attached hydrogen (secondary N) is 1. The zero-order valence-electron chi connectivity index (χ0n) is 11.9. The molecule has 3 aliphatic rings. The van der Waals surface area contributed by atoms with Gasteiger partial charge >= 0.3 is 0 Å². The zero-order valence-corrected chi connectivity index (χ0v) is 11.9. The molecule has 0 aromatic carbocycles. The summed E-state index contributed by atoms with van der Waals surface area (Å²) in [5, 5.41) is 3.73. The second-order valence-electron chi connectivity index (χ2n) is 6.81. The summed E-state index contributed by atoms with van der Waals surface area (Å²) in [4.78, 5) is 2.73. The number of fused-ring (bicyclic) bond motifs is 2. The van der Waals surface area contributed by atoms with Crippen LogP contribution < -0.4 is 5.32 Å². The van der Waals surface area contributed by atoms with Gasteiger partial charge in [-0.1, -0.05) is 13.8 Å². The highest BCUT2D eigenvalue weighted by molar-refractivity contribution is 4.96. The lowest BCUT2D eigenvalue weighted by atomic mass is 9.93. The number of ether oxygens (including phenoxy) is 1. The van der Waals surface area contributed by atoms with E-state index in [1.54, 1.807) is 0 Å². The summed E-state index contributed by atoms with van der Waals surface area (Å²) < 4.78 is 6.03. The van der Waals surface area contributed by atoms with E-state index in [0.717, 1.165) is 12.0 Å². The first kappa shape index (κ1) is 12.9. The molecule has 3 rings (SSSR count). The van der Waals surface area contributed by atoms with Crippen LogP contribution in [0.15, 0.2) is 0 Å². The first-order valence-corrected chi connectivity index (χ1v) is 7.85. The molecule has 0 radical (unpaired) electrons. The third-order valence-corrected chi connectivity index (χ3v) is 4.81. The van der Waals surface area contributed by atoms with Gasteiger partial charge in [-0.15, -0.1) is 0 Å². The molecule has 2 bridgehead atoms. The van der Waals surface area contributed by atoms with E-state index in [2.05, 4.69) is 24.1 Å². The van der Waals surface area contributed by atoms with Gasteiger partial charge in [0.15, 0.2) is 0 Å². The molecule has 0 spiro atoms. The van der Waals surface area contributed by atoms with E-state index in [0.29, 0.717) is 18.2 Å². The maximum absolute atomic E-state index is 6.03. The van der Waals surface area contributed by atoms with Crippen LogP contribution in [0.4, 0.5) is 0 Å². The standard InChI is InChI=1S/C15H28N2O/c1-11(2)8-12-10-17(7-3-6-16-12)14-9-13-4-5-15(14)18-13/h11-16H,3-10H2,1-2H3. The Morgan fingerprint density at radius 3 is 2.89 bits per heavy atom. The van der Waals surface area contributed by atoms with Gasteiger partial charge < -0.3 is 10.1 Å². The fourth-order valence-electron chi connectivity index (χ4n) is 4.05. The molecule has 4 unspecified atom stereocenters. The van der Waals surface area contributed by atoms with Gasteiger partial charge in [0.25, 0.3) is 0 Å². The van der Waals surface area contributed by atoms with Crippen molar-refractivity contribution in [1.82, 2.24) is 10.2 Å². The summed E-state index contributed by atoms with van der Waals surface area (Å²) in [5.41, 5.74) is 0. The quantitative estimate of drug-likeness (QED) is 0.831. The van der Waals surface area contributed by atoms with Crippen molar-refractivity contribution in [3.05, 3.63) is 0 Å². The van der Waals surface area contributed by atoms with Gasteiger partial charge in [-0.3, -0.25) is 4.90 Å². The zero-order chi connectivity index (χ0) is 12.5. The summed E-state index contributed by atoms with van der Waals surface area (Å²) >= 11 is 0. The maximum Gasteiger partial charge on any atom is 0.0735 e. The molecule has 4 atom stereocenters. The topological polar surface area (TPSA) is 24.5 Å². The van der Waals surface area contributed by atoms with Crippen LogP contribution in [0, 0.1) is 5.92 Å². The lowest BCUT2D eigenvalue weighted by Crippen LogP contribution is -2.47. The van der Waals surface area contributed by atoms with E-state index in [4.69, 9.17) is 4.74 Å². The van der Waals surface area contributed by atoms with E-state index in [1.165, 1.54) is 51.7 Å². The normalized spacial score (nSPS) is 41.5. The van der Waals surface area contributed by atoms with E-state index < -0.39 is 0 Å². The van der Waals surface area contributed by atoms with Gasteiger partial charge in [-0.05, 0) is 51.1 Å². The number of rotatable bonds is 3. The molecule has 0 aromatic rings. The van der Waals surface area contributed by atoms with Crippen LogP contribution in [0.3, 0.4) is 0 Å². The van der Waals surface area contributed by atoms with Gasteiger partial charge in [0, 0.05) is 18.6 Å². The predicted molar refractivity (Wildman–Crippen MR) is 73.7 cm³/mol. The first-order chi connectivity index (χ1) is 8.72. The molecule has 3 heteroatoms. The Morgan fingerprint density at radius 2 is 2.22 bits per heavy atom. The fourth-order valence-corrected chi connectivity index (χ4v) is 4.05. The van der Waals surface area contributed by atoms with Crippen LogP contribution in [0.5, 0.6) is 0 Å². The van der Waals surface area contributed by atoms with E-state index in [1.807, 2.05) is 0 Å². The smallest absolute Gasteiger partial charge is 0.0735 e. The second kappa shape index (κ2) is 5.48. The largest absolute Gasteiger partial charge is 0.373 e. The Kier molecular flexibility index (Phi) is 3.92. The molecule has 3 fully saturated rings. The summed E-state index contributed by atoms with van der Waals surface area (Å²) in [7, 11) is 0. The molecular formula is C15H28N2O. The molecule has 0 amide bonds. The summed E-state index contributed by atoms with van der Waals surface area (Å²) in [6.45, 7) is 8.35. The Bertz CT molecular complexity index is 282. The van der Waals surface area contributed by atoms with Crippen molar-refractivity contribution in [3.8, 4) is 0 Å². The van der Waals surface area contributed by atoms with Crippen molar-refractivity contribution in [1.29, 1.82) is 0 Å². The molecule has 3 aliphatic heterocycles. The Labute approximate surface area is 111 Å². The molecule has 3 nitrogen and oxygen atoms in total. The summed E-state index contributed by atoms with van der Waals surface area (Å²) in [5.74, 6) is 0.790. The molecule has 18 heavy (non-hydrogen) atoms. The van der Waals surface area contributed by atoms with Gasteiger partial charge in [0.05, 0.1) is 12.2 Å². The minimum Gasteiger partial charge on any atom is -0.373 e. The summed E-state index contributed by atoms with van der Waals surface area (Å²) in [6, 6.07) is 1.41. The number of hydrogen-bond donors (Lipinski definition) is 1. The minimum atomic E-state index is 0.549. The molecule has 3 heterocycles. The van der Waals surface area contributed by atoms with Crippen LogP contribution in [0.1, 0.15) is 46.0 Å².